The van der Waals surface area contributed by atoms with E-state index in [4.69, 9.17) is 5.11 Å². The number of carbonyl (C=O) groups is 1. The molecule has 0 saturated heterocycles. The van der Waals surface area contributed by atoms with Gasteiger partial charge in [0.05, 0.1) is 0 Å². The number of hydrogen-bond acceptors (Lipinski definition) is 4. The van der Waals surface area contributed by atoms with Gasteiger partial charge < -0.3 is 10.4 Å². The van der Waals surface area contributed by atoms with Crippen molar-refractivity contribution < 1.29 is 9.90 Å². The van der Waals surface area contributed by atoms with Crippen LogP contribution in [0.25, 0.3) is 0 Å². The molecule has 1 aromatic rings. The average Bonchev–Trinajstić information content (AvgIpc) is 2.96. The zero-order valence-corrected chi connectivity index (χ0v) is 10.8. The number of hydrogen-bond donors (Lipinski definition) is 2. The van der Waals surface area contributed by atoms with Crippen molar-refractivity contribution in [1.82, 2.24) is 4.98 Å². The lowest BCUT2D eigenvalue weighted by molar-refractivity contribution is 0.0691. The summed E-state index contributed by atoms with van der Waals surface area (Å²) in [6.07, 6.45) is 6.35. The quantitative estimate of drug-likeness (QED) is 0.847. The number of thiazole rings is 1. The summed E-state index contributed by atoms with van der Waals surface area (Å²) in [4.78, 5) is 14.8. The SMILES string of the molecule is CCC1(CNc2nc(C(=O)O)cs2)CCCC1. The van der Waals surface area contributed by atoms with Gasteiger partial charge in [0.15, 0.2) is 10.8 Å². The molecule has 0 spiro atoms. The molecule has 0 atom stereocenters. The second-order valence-corrected chi connectivity index (χ2v) is 5.62. The van der Waals surface area contributed by atoms with Crippen molar-refractivity contribution in [2.45, 2.75) is 39.0 Å². The molecule has 0 bridgehead atoms. The van der Waals surface area contributed by atoms with Gasteiger partial charge >= 0.3 is 5.97 Å². The monoisotopic (exact) mass is 254 g/mol. The minimum absolute atomic E-state index is 0.134. The van der Waals surface area contributed by atoms with Crippen molar-refractivity contribution in [1.29, 1.82) is 0 Å². The van der Waals surface area contributed by atoms with Crippen LogP contribution in [0.2, 0.25) is 0 Å². The summed E-state index contributed by atoms with van der Waals surface area (Å²) in [7, 11) is 0. The fourth-order valence-electron chi connectivity index (χ4n) is 2.50. The first-order chi connectivity index (χ1) is 8.15. The molecule has 0 unspecified atom stereocenters. The van der Waals surface area contributed by atoms with Gasteiger partial charge in [0.2, 0.25) is 0 Å². The molecule has 5 heteroatoms. The fourth-order valence-corrected chi connectivity index (χ4v) is 3.18. The Labute approximate surface area is 105 Å². The maximum atomic E-state index is 10.7. The summed E-state index contributed by atoms with van der Waals surface area (Å²) in [5, 5.41) is 14.4. The molecule has 0 amide bonds. The van der Waals surface area contributed by atoms with Crippen LogP contribution in [0.15, 0.2) is 5.38 Å². The van der Waals surface area contributed by atoms with Crippen LogP contribution < -0.4 is 5.32 Å². The highest BCUT2D eigenvalue weighted by atomic mass is 32.1. The molecular weight excluding hydrogens is 236 g/mol. The van der Waals surface area contributed by atoms with Crippen LogP contribution >= 0.6 is 11.3 Å². The predicted octanol–water partition coefficient (Wildman–Crippen LogP) is 3.22. The van der Waals surface area contributed by atoms with Gasteiger partial charge in [0.1, 0.15) is 0 Å². The molecule has 1 aliphatic carbocycles. The van der Waals surface area contributed by atoms with E-state index in [9.17, 15) is 4.79 Å². The molecule has 1 saturated carbocycles. The second kappa shape index (κ2) is 5.04. The number of aromatic carboxylic acids is 1. The van der Waals surface area contributed by atoms with Gasteiger partial charge in [-0.15, -0.1) is 11.3 Å². The molecule has 4 nitrogen and oxygen atoms in total. The molecule has 0 radical (unpaired) electrons. The van der Waals surface area contributed by atoms with Crippen LogP contribution in [-0.2, 0) is 0 Å². The number of nitrogens with zero attached hydrogens (tertiary/aromatic N) is 1. The number of carboxylic acids is 1. The normalized spacial score (nSPS) is 18.2. The zero-order valence-electron chi connectivity index (χ0n) is 10.0. The molecule has 0 aromatic carbocycles. The van der Waals surface area contributed by atoms with E-state index in [0.717, 1.165) is 11.7 Å². The third-order valence-electron chi connectivity index (χ3n) is 3.75. The summed E-state index contributed by atoms with van der Waals surface area (Å²) in [6, 6.07) is 0. The van der Waals surface area contributed by atoms with E-state index in [1.54, 1.807) is 5.38 Å². The first kappa shape index (κ1) is 12.4. The van der Waals surface area contributed by atoms with E-state index in [1.807, 2.05) is 0 Å². The standard InChI is InChI=1S/C12H18N2O2S/c1-2-12(5-3-4-6-12)8-13-11-14-9(7-17-11)10(15)16/h7H,2-6,8H2,1H3,(H,13,14)(H,15,16). The molecule has 1 aliphatic rings. The van der Waals surface area contributed by atoms with Gasteiger partial charge in [-0.25, -0.2) is 9.78 Å². The largest absolute Gasteiger partial charge is 0.476 e. The maximum Gasteiger partial charge on any atom is 0.355 e. The van der Waals surface area contributed by atoms with Crippen LogP contribution in [0.3, 0.4) is 0 Å². The molecule has 1 heterocycles. The lowest BCUT2D eigenvalue weighted by Gasteiger charge is -2.27. The van der Waals surface area contributed by atoms with Crippen LogP contribution in [-0.4, -0.2) is 22.6 Å². The van der Waals surface area contributed by atoms with Crippen LogP contribution in [0, 0.1) is 5.41 Å². The molecule has 17 heavy (non-hydrogen) atoms. The van der Waals surface area contributed by atoms with E-state index in [2.05, 4.69) is 17.2 Å². The Hall–Kier alpha value is -1.10. The van der Waals surface area contributed by atoms with Gasteiger partial charge in [0, 0.05) is 11.9 Å². The van der Waals surface area contributed by atoms with Crippen molar-refractivity contribution in [3.63, 3.8) is 0 Å². The van der Waals surface area contributed by atoms with Gasteiger partial charge in [-0.2, -0.15) is 0 Å². The summed E-state index contributed by atoms with van der Waals surface area (Å²) in [5.74, 6) is -0.958. The van der Waals surface area contributed by atoms with E-state index < -0.39 is 5.97 Å². The van der Waals surface area contributed by atoms with Crippen molar-refractivity contribution in [2.75, 3.05) is 11.9 Å². The highest BCUT2D eigenvalue weighted by molar-refractivity contribution is 7.13. The van der Waals surface area contributed by atoms with Crippen LogP contribution in [0.5, 0.6) is 0 Å². The highest BCUT2D eigenvalue weighted by Gasteiger charge is 2.31. The Morgan fingerprint density at radius 3 is 2.82 bits per heavy atom. The molecule has 94 valence electrons. The molecule has 2 N–H and O–H groups in total. The predicted molar refractivity (Wildman–Crippen MR) is 68.8 cm³/mol. The minimum atomic E-state index is -0.958. The molecule has 1 fully saturated rings. The van der Waals surface area contributed by atoms with Crippen LogP contribution in [0.4, 0.5) is 5.13 Å². The Morgan fingerprint density at radius 1 is 1.59 bits per heavy atom. The maximum absolute atomic E-state index is 10.7. The summed E-state index contributed by atoms with van der Waals surface area (Å²) < 4.78 is 0. The number of nitrogens with one attached hydrogen (secondary N) is 1. The van der Waals surface area contributed by atoms with Crippen molar-refractivity contribution in [3.8, 4) is 0 Å². The van der Waals surface area contributed by atoms with Gasteiger partial charge in [-0.3, -0.25) is 0 Å². The third kappa shape index (κ3) is 2.77. The van der Waals surface area contributed by atoms with E-state index >= 15 is 0 Å². The lowest BCUT2D eigenvalue weighted by atomic mass is 9.83. The Balaban J connectivity index is 1.94. The number of anilines is 1. The molecule has 0 aliphatic heterocycles. The lowest BCUT2D eigenvalue weighted by Crippen LogP contribution is -2.25. The first-order valence-corrected chi connectivity index (χ1v) is 6.96. The third-order valence-corrected chi connectivity index (χ3v) is 4.55. The Kier molecular flexibility index (Phi) is 3.66. The second-order valence-electron chi connectivity index (χ2n) is 4.76. The van der Waals surface area contributed by atoms with E-state index in [0.29, 0.717) is 5.41 Å². The van der Waals surface area contributed by atoms with Gasteiger partial charge in [-0.1, -0.05) is 19.8 Å². The number of aromatic nitrogens is 1. The number of rotatable bonds is 5. The molecular formula is C12H18N2O2S. The zero-order chi connectivity index (χ0) is 12.3. The summed E-state index contributed by atoms with van der Waals surface area (Å²) in [5.41, 5.74) is 0.532. The van der Waals surface area contributed by atoms with Crippen molar-refractivity contribution >= 4 is 22.4 Å². The van der Waals surface area contributed by atoms with Crippen LogP contribution in [0.1, 0.15) is 49.5 Å². The van der Waals surface area contributed by atoms with Crippen molar-refractivity contribution in [3.05, 3.63) is 11.1 Å². The highest BCUT2D eigenvalue weighted by Crippen LogP contribution is 2.41. The summed E-state index contributed by atoms with van der Waals surface area (Å²) >= 11 is 1.37. The summed E-state index contributed by atoms with van der Waals surface area (Å²) in [6.45, 7) is 3.15. The molecule has 2 rings (SSSR count). The average molecular weight is 254 g/mol. The smallest absolute Gasteiger partial charge is 0.355 e. The molecule has 1 aromatic heterocycles. The van der Waals surface area contributed by atoms with Crippen molar-refractivity contribution in [2.24, 2.45) is 5.41 Å². The van der Waals surface area contributed by atoms with Gasteiger partial charge in [-0.05, 0) is 24.7 Å². The van der Waals surface area contributed by atoms with E-state index in [1.165, 1.54) is 43.4 Å². The first-order valence-electron chi connectivity index (χ1n) is 6.08. The minimum Gasteiger partial charge on any atom is -0.476 e. The topological polar surface area (TPSA) is 62.2 Å². The number of carboxylic acid groups (broad SMARTS) is 1. The fraction of sp³-hybridized carbons (Fsp3) is 0.667. The van der Waals surface area contributed by atoms with Gasteiger partial charge in [0.25, 0.3) is 0 Å². The van der Waals surface area contributed by atoms with E-state index in [-0.39, 0.29) is 5.69 Å². The Morgan fingerprint density at radius 2 is 2.29 bits per heavy atom. The Bertz CT molecular complexity index is 397.